The molecule has 138 valence electrons. The quantitative estimate of drug-likeness (QED) is 0.387. The number of pyridine rings is 1. The molecule has 3 aromatic carbocycles. The molecule has 0 bridgehead atoms. The van der Waals surface area contributed by atoms with Gasteiger partial charge in [-0.15, -0.1) is 0 Å². The summed E-state index contributed by atoms with van der Waals surface area (Å²) in [5, 5.41) is 0.294. The molecule has 28 heavy (non-hydrogen) atoms. The monoisotopic (exact) mass is 377 g/mol. The van der Waals surface area contributed by atoms with Gasteiger partial charge in [0.25, 0.3) is 0 Å². The second kappa shape index (κ2) is 6.93. The van der Waals surface area contributed by atoms with Crippen LogP contribution in [0, 0.1) is 0 Å². The molecule has 0 saturated carbocycles. The van der Waals surface area contributed by atoms with E-state index in [9.17, 15) is 18.0 Å². The van der Waals surface area contributed by atoms with Crippen molar-refractivity contribution in [1.29, 1.82) is 0 Å². The number of fused-ring (bicyclic) bond motifs is 1. The third-order valence-electron chi connectivity index (χ3n) is 4.59. The maximum absolute atomic E-state index is 13.7. The van der Waals surface area contributed by atoms with Crippen LogP contribution >= 0.6 is 0 Å². The third kappa shape index (κ3) is 3.05. The van der Waals surface area contributed by atoms with Gasteiger partial charge < -0.3 is 0 Å². The minimum atomic E-state index is -4.56. The van der Waals surface area contributed by atoms with E-state index >= 15 is 0 Å². The zero-order chi connectivity index (χ0) is 19.7. The molecule has 5 heteroatoms. The van der Waals surface area contributed by atoms with Crippen molar-refractivity contribution in [1.82, 2.24) is 4.98 Å². The van der Waals surface area contributed by atoms with Crippen LogP contribution in [-0.2, 0) is 6.18 Å². The summed E-state index contributed by atoms with van der Waals surface area (Å²) >= 11 is 0. The Hall–Kier alpha value is -3.47. The van der Waals surface area contributed by atoms with Crippen molar-refractivity contribution in [3.63, 3.8) is 0 Å². The van der Waals surface area contributed by atoms with Crippen molar-refractivity contribution in [2.45, 2.75) is 6.18 Å². The lowest BCUT2D eigenvalue weighted by molar-refractivity contribution is -0.136. The molecule has 0 aliphatic carbocycles. The van der Waals surface area contributed by atoms with Crippen LogP contribution in [0.2, 0.25) is 0 Å². The molecule has 0 aliphatic heterocycles. The molecule has 1 aromatic heterocycles. The van der Waals surface area contributed by atoms with E-state index in [2.05, 4.69) is 4.98 Å². The summed E-state index contributed by atoms with van der Waals surface area (Å²) in [6.07, 6.45) is -3.89. The average molecular weight is 377 g/mol. The fraction of sp³-hybridized carbons (Fsp3) is 0.0435. The molecule has 0 aliphatic rings. The van der Waals surface area contributed by atoms with Crippen LogP contribution in [0.1, 0.15) is 15.9 Å². The zero-order valence-corrected chi connectivity index (χ0v) is 14.6. The van der Waals surface area contributed by atoms with Crippen molar-refractivity contribution < 1.29 is 18.0 Å². The summed E-state index contributed by atoms with van der Waals surface area (Å²) in [5.41, 5.74) is 1.21. The third-order valence-corrected chi connectivity index (χ3v) is 4.59. The fourth-order valence-electron chi connectivity index (χ4n) is 3.38. The molecule has 2 nitrogen and oxygen atoms in total. The maximum Gasteiger partial charge on any atom is 0.418 e. The highest BCUT2D eigenvalue weighted by Gasteiger charge is 2.34. The number of carbonyl (C=O) groups is 1. The van der Waals surface area contributed by atoms with Crippen LogP contribution in [0.15, 0.2) is 78.9 Å². The number of para-hydroxylation sites is 1. The maximum atomic E-state index is 13.7. The number of aromatic nitrogens is 1. The molecule has 0 spiro atoms. The van der Waals surface area contributed by atoms with Crippen molar-refractivity contribution in [3.05, 3.63) is 90.0 Å². The van der Waals surface area contributed by atoms with Crippen molar-refractivity contribution in [3.8, 4) is 22.4 Å². The van der Waals surface area contributed by atoms with E-state index in [-0.39, 0.29) is 16.8 Å². The topological polar surface area (TPSA) is 30.0 Å². The Bertz CT molecular complexity index is 1150. The van der Waals surface area contributed by atoms with Crippen LogP contribution in [0.3, 0.4) is 0 Å². The summed E-state index contributed by atoms with van der Waals surface area (Å²) in [7, 11) is 0. The number of aldehydes is 1. The standard InChI is InChI=1S/C23H14F3NO/c24-23(25,26)19-13-7-12-17-20(15-8-3-1-4-9-15)18(14-28)21(27-22(17)19)16-10-5-2-6-11-16/h1-14H. The number of halogens is 3. The Morgan fingerprint density at radius 3 is 1.93 bits per heavy atom. The minimum Gasteiger partial charge on any atom is -0.298 e. The van der Waals surface area contributed by atoms with Gasteiger partial charge in [0.15, 0.2) is 6.29 Å². The minimum absolute atomic E-state index is 0.168. The van der Waals surface area contributed by atoms with Gasteiger partial charge in [-0.1, -0.05) is 72.8 Å². The lowest BCUT2D eigenvalue weighted by Crippen LogP contribution is -2.08. The normalized spacial score (nSPS) is 11.5. The van der Waals surface area contributed by atoms with Crippen LogP contribution in [-0.4, -0.2) is 11.3 Å². The van der Waals surface area contributed by atoms with Gasteiger partial charge in [-0.2, -0.15) is 13.2 Å². The first-order valence-electron chi connectivity index (χ1n) is 8.60. The van der Waals surface area contributed by atoms with Crippen molar-refractivity contribution >= 4 is 17.2 Å². The average Bonchev–Trinajstić information content (AvgIpc) is 2.72. The molecule has 4 aromatic rings. The van der Waals surface area contributed by atoms with Gasteiger partial charge in [0.05, 0.1) is 16.8 Å². The van der Waals surface area contributed by atoms with E-state index < -0.39 is 11.7 Å². The van der Waals surface area contributed by atoms with Gasteiger partial charge in [0.1, 0.15) is 0 Å². The molecule has 0 radical (unpaired) electrons. The Balaban J connectivity index is 2.20. The second-order valence-electron chi connectivity index (χ2n) is 6.30. The van der Waals surface area contributed by atoms with E-state index in [1.54, 1.807) is 60.7 Å². The number of hydrogen-bond donors (Lipinski definition) is 0. The van der Waals surface area contributed by atoms with Crippen LogP contribution in [0.4, 0.5) is 13.2 Å². The Morgan fingerprint density at radius 2 is 1.36 bits per heavy atom. The molecule has 4 rings (SSSR count). The smallest absolute Gasteiger partial charge is 0.298 e. The Labute approximate surface area is 159 Å². The molecular formula is C23H14F3NO. The summed E-state index contributed by atoms with van der Waals surface area (Å²) in [6, 6.07) is 21.6. The predicted molar refractivity (Wildman–Crippen MR) is 103 cm³/mol. The first-order chi connectivity index (χ1) is 13.5. The Morgan fingerprint density at radius 1 is 0.750 bits per heavy atom. The van der Waals surface area contributed by atoms with Gasteiger partial charge in [-0.3, -0.25) is 4.79 Å². The summed E-state index contributed by atoms with van der Waals surface area (Å²) < 4.78 is 41.0. The largest absolute Gasteiger partial charge is 0.418 e. The lowest BCUT2D eigenvalue weighted by Gasteiger charge is -2.17. The zero-order valence-electron chi connectivity index (χ0n) is 14.6. The summed E-state index contributed by atoms with van der Waals surface area (Å²) in [5.74, 6) is 0. The lowest BCUT2D eigenvalue weighted by atomic mass is 9.91. The molecule has 0 amide bonds. The van der Waals surface area contributed by atoms with Gasteiger partial charge in [0.2, 0.25) is 0 Å². The highest BCUT2D eigenvalue weighted by molar-refractivity contribution is 6.07. The molecule has 0 unspecified atom stereocenters. The van der Waals surface area contributed by atoms with Crippen LogP contribution in [0.5, 0.6) is 0 Å². The molecular weight excluding hydrogens is 363 g/mol. The van der Waals surface area contributed by atoms with E-state index in [1.807, 2.05) is 6.07 Å². The molecule has 0 N–H and O–H groups in total. The van der Waals surface area contributed by atoms with Gasteiger partial charge in [0, 0.05) is 22.1 Å². The number of nitrogens with zero attached hydrogens (tertiary/aromatic N) is 1. The molecule has 1 heterocycles. The first-order valence-corrected chi connectivity index (χ1v) is 8.60. The Kier molecular flexibility index (Phi) is 4.43. The predicted octanol–water partition coefficient (Wildman–Crippen LogP) is 6.40. The first kappa shape index (κ1) is 17.9. The summed E-state index contributed by atoms with van der Waals surface area (Å²) in [4.78, 5) is 16.4. The van der Waals surface area contributed by atoms with E-state index in [0.717, 1.165) is 6.07 Å². The number of carbonyl (C=O) groups excluding carboxylic acids is 1. The van der Waals surface area contributed by atoms with E-state index in [1.165, 1.54) is 6.07 Å². The second-order valence-corrected chi connectivity index (χ2v) is 6.30. The van der Waals surface area contributed by atoms with Crippen LogP contribution in [0.25, 0.3) is 33.3 Å². The molecule has 0 atom stereocenters. The van der Waals surface area contributed by atoms with E-state index in [4.69, 9.17) is 0 Å². The van der Waals surface area contributed by atoms with Gasteiger partial charge >= 0.3 is 6.18 Å². The SMILES string of the molecule is O=Cc1c(-c2ccccc2)nc2c(C(F)(F)F)cccc2c1-c1ccccc1. The number of alkyl halides is 3. The number of hydrogen-bond acceptors (Lipinski definition) is 2. The number of rotatable bonds is 3. The number of benzene rings is 3. The molecule has 0 saturated heterocycles. The van der Waals surface area contributed by atoms with Crippen molar-refractivity contribution in [2.24, 2.45) is 0 Å². The van der Waals surface area contributed by atoms with Gasteiger partial charge in [-0.05, 0) is 11.6 Å². The van der Waals surface area contributed by atoms with Gasteiger partial charge in [-0.25, -0.2) is 4.98 Å². The fourth-order valence-corrected chi connectivity index (χ4v) is 3.38. The van der Waals surface area contributed by atoms with Crippen molar-refractivity contribution in [2.75, 3.05) is 0 Å². The summed E-state index contributed by atoms with van der Waals surface area (Å²) in [6.45, 7) is 0. The highest BCUT2D eigenvalue weighted by atomic mass is 19.4. The molecule has 0 fully saturated rings. The highest BCUT2D eigenvalue weighted by Crippen LogP contribution is 2.41. The van der Waals surface area contributed by atoms with Crippen LogP contribution < -0.4 is 0 Å². The van der Waals surface area contributed by atoms with E-state index in [0.29, 0.717) is 28.4 Å².